The molecule has 1 aromatic carbocycles. The van der Waals surface area contributed by atoms with Gasteiger partial charge in [-0.05, 0) is 56.2 Å². The van der Waals surface area contributed by atoms with Crippen molar-refractivity contribution in [3.05, 3.63) is 53.8 Å². The van der Waals surface area contributed by atoms with Crippen LogP contribution in [-0.2, 0) is 0 Å². The van der Waals surface area contributed by atoms with Crippen LogP contribution >= 0.6 is 0 Å². The van der Waals surface area contributed by atoms with E-state index in [1.54, 1.807) is 12.6 Å². The van der Waals surface area contributed by atoms with Crippen LogP contribution < -0.4 is 5.73 Å². The number of nitrogens with two attached hydrogens (primary N) is 1. The molecule has 0 spiro atoms. The smallest absolute Gasteiger partial charge is 0.220 e. The fourth-order valence-electron chi connectivity index (χ4n) is 3.15. The summed E-state index contributed by atoms with van der Waals surface area (Å²) in [6, 6.07) is 7.86. The molecule has 4 aromatic rings. The number of nitrogens with zero attached hydrogens (tertiary/aromatic N) is 4. The minimum atomic E-state index is 0.227. The summed E-state index contributed by atoms with van der Waals surface area (Å²) < 4.78 is 5.56. The average molecular weight is 331 g/mol. The van der Waals surface area contributed by atoms with Crippen LogP contribution in [0.1, 0.15) is 17.0 Å². The standard InChI is InChI=1S/C19H17N5O/c1-10-7-13(8-14-11(2)21-9-22-17(10)14)16-12(3)23-19(20)24-18(16)15-5-4-6-25-15/h4-9H,1-3H3,(H2,20,23,24). The third-order valence-corrected chi connectivity index (χ3v) is 4.28. The summed E-state index contributed by atoms with van der Waals surface area (Å²) in [7, 11) is 0. The number of benzene rings is 1. The van der Waals surface area contributed by atoms with Crippen molar-refractivity contribution in [1.29, 1.82) is 0 Å². The van der Waals surface area contributed by atoms with E-state index in [4.69, 9.17) is 10.2 Å². The highest BCUT2D eigenvalue weighted by atomic mass is 16.3. The molecule has 4 rings (SSSR count). The highest BCUT2D eigenvalue weighted by Gasteiger charge is 2.18. The molecule has 124 valence electrons. The molecule has 0 atom stereocenters. The summed E-state index contributed by atoms with van der Waals surface area (Å²) in [5.41, 5.74) is 12.2. The molecule has 0 bridgehead atoms. The Hall–Kier alpha value is -3.28. The molecule has 0 amide bonds. The van der Waals surface area contributed by atoms with Crippen molar-refractivity contribution in [3.63, 3.8) is 0 Å². The Balaban J connectivity index is 2.06. The maximum Gasteiger partial charge on any atom is 0.220 e. The maximum absolute atomic E-state index is 5.87. The van der Waals surface area contributed by atoms with Crippen molar-refractivity contribution in [2.24, 2.45) is 0 Å². The lowest BCUT2D eigenvalue weighted by atomic mass is 9.96. The first-order valence-corrected chi connectivity index (χ1v) is 7.95. The van der Waals surface area contributed by atoms with E-state index in [1.165, 1.54) is 0 Å². The van der Waals surface area contributed by atoms with E-state index in [1.807, 2.05) is 32.9 Å². The van der Waals surface area contributed by atoms with Crippen LogP contribution in [0.5, 0.6) is 0 Å². The van der Waals surface area contributed by atoms with E-state index in [2.05, 4.69) is 32.1 Å². The highest BCUT2D eigenvalue weighted by molar-refractivity contribution is 5.91. The predicted molar refractivity (Wildman–Crippen MR) is 96.9 cm³/mol. The van der Waals surface area contributed by atoms with Gasteiger partial charge in [0.2, 0.25) is 5.95 Å². The third-order valence-electron chi connectivity index (χ3n) is 4.28. The Kier molecular flexibility index (Phi) is 3.46. The molecular weight excluding hydrogens is 314 g/mol. The first kappa shape index (κ1) is 15.3. The zero-order valence-electron chi connectivity index (χ0n) is 14.2. The van der Waals surface area contributed by atoms with E-state index in [9.17, 15) is 0 Å². The summed E-state index contributed by atoms with van der Waals surface area (Å²) in [5.74, 6) is 0.885. The molecule has 0 saturated carbocycles. The minimum absolute atomic E-state index is 0.227. The van der Waals surface area contributed by atoms with Crippen molar-refractivity contribution < 1.29 is 4.42 Å². The Morgan fingerprint density at radius 1 is 1.00 bits per heavy atom. The predicted octanol–water partition coefficient (Wildman–Crippen LogP) is 3.85. The van der Waals surface area contributed by atoms with Crippen LogP contribution in [0.25, 0.3) is 33.5 Å². The molecular formula is C19H17N5O. The fourth-order valence-corrected chi connectivity index (χ4v) is 3.15. The van der Waals surface area contributed by atoms with E-state index in [0.29, 0.717) is 11.5 Å². The van der Waals surface area contributed by atoms with Gasteiger partial charge in [0.15, 0.2) is 5.76 Å². The molecule has 0 aliphatic carbocycles. The van der Waals surface area contributed by atoms with Gasteiger partial charge in [0.25, 0.3) is 0 Å². The molecule has 0 aliphatic rings. The van der Waals surface area contributed by atoms with Gasteiger partial charge in [-0.3, -0.25) is 0 Å². The van der Waals surface area contributed by atoms with Gasteiger partial charge in [0, 0.05) is 16.6 Å². The SMILES string of the molecule is Cc1nc(N)nc(-c2ccco2)c1-c1cc(C)c2ncnc(C)c2c1. The summed E-state index contributed by atoms with van der Waals surface area (Å²) in [4.78, 5) is 17.5. The van der Waals surface area contributed by atoms with E-state index in [0.717, 1.165) is 39.0 Å². The van der Waals surface area contributed by atoms with Crippen molar-refractivity contribution in [1.82, 2.24) is 19.9 Å². The monoisotopic (exact) mass is 331 g/mol. The molecule has 0 radical (unpaired) electrons. The van der Waals surface area contributed by atoms with Gasteiger partial charge in [-0.15, -0.1) is 0 Å². The molecule has 0 fully saturated rings. The number of fused-ring (bicyclic) bond motifs is 1. The van der Waals surface area contributed by atoms with Gasteiger partial charge < -0.3 is 10.2 Å². The molecule has 0 aliphatic heterocycles. The minimum Gasteiger partial charge on any atom is -0.463 e. The number of hydrogen-bond donors (Lipinski definition) is 1. The van der Waals surface area contributed by atoms with Crippen molar-refractivity contribution in [2.75, 3.05) is 5.73 Å². The Labute approximate surface area is 144 Å². The number of aryl methyl sites for hydroxylation is 3. The lowest BCUT2D eigenvalue weighted by molar-refractivity contribution is 0.580. The molecule has 6 heteroatoms. The number of furan rings is 1. The van der Waals surface area contributed by atoms with Gasteiger partial charge in [0.1, 0.15) is 12.0 Å². The zero-order chi connectivity index (χ0) is 17.6. The van der Waals surface area contributed by atoms with E-state index < -0.39 is 0 Å². The first-order valence-electron chi connectivity index (χ1n) is 7.95. The van der Waals surface area contributed by atoms with E-state index in [-0.39, 0.29) is 5.95 Å². The average Bonchev–Trinajstić information content (AvgIpc) is 3.09. The molecule has 3 heterocycles. The van der Waals surface area contributed by atoms with Crippen LogP contribution in [0, 0.1) is 20.8 Å². The van der Waals surface area contributed by atoms with E-state index >= 15 is 0 Å². The first-order chi connectivity index (χ1) is 12.0. The number of aromatic nitrogens is 4. The number of nitrogen functional groups attached to an aromatic ring is 1. The lowest BCUT2D eigenvalue weighted by Crippen LogP contribution is -2.02. The summed E-state index contributed by atoms with van der Waals surface area (Å²) in [6.07, 6.45) is 3.21. The van der Waals surface area contributed by atoms with Crippen molar-refractivity contribution in [2.45, 2.75) is 20.8 Å². The lowest BCUT2D eigenvalue weighted by Gasteiger charge is -2.13. The normalized spacial score (nSPS) is 11.2. The van der Waals surface area contributed by atoms with Gasteiger partial charge in [0.05, 0.1) is 17.5 Å². The molecule has 0 saturated heterocycles. The Morgan fingerprint density at radius 3 is 2.60 bits per heavy atom. The van der Waals surface area contributed by atoms with Crippen LogP contribution in [0.4, 0.5) is 5.95 Å². The topological polar surface area (TPSA) is 90.7 Å². The van der Waals surface area contributed by atoms with Crippen molar-refractivity contribution in [3.8, 4) is 22.6 Å². The number of anilines is 1. The molecule has 6 nitrogen and oxygen atoms in total. The zero-order valence-corrected chi connectivity index (χ0v) is 14.2. The van der Waals surface area contributed by atoms with Crippen LogP contribution in [0.3, 0.4) is 0 Å². The molecule has 25 heavy (non-hydrogen) atoms. The molecule has 2 N–H and O–H groups in total. The van der Waals surface area contributed by atoms with Gasteiger partial charge >= 0.3 is 0 Å². The second-order valence-corrected chi connectivity index (χ2v) is 6.02. The van der Waals surface area contributed by atoms with Crippen LogP contribution in [-0.4, -0.2) is 19.9 Å². The maximum atomic E-state index is 5.87. The van der Waals surface area contributed by atoms with Gasteiger partial charge in [-0.2, -0.15) is 0 Å². The van der Waals surface area contributed by atoms with Crippen LogP contribution in [0.15, 0.2) is 41.3 Å². The summed E-state index contributed by atoms with van der Waals surface area (Å²) >= 11 is 0. The quantitative estimate of drug-likeness (QED) is 0.600. The van der Waals surface area contributed by atoms with Gasteiger partial charge in [-0.1, -0.05) is 0 Å². The third kappa shape index (κ3) is 2.52. The van der Waals surface area contributed by atoms with Crippen LogP contribution in [0.2, 0.25) is 0 Å². The number of hydrogen-bond acceptors (Lipinski definition) is 6. The largest absolute Gasteiger partial charge is 0.463 e. The fraction of sp³-hybridized carbons (Fsp3) is 0.158. The van der Waals surface area contributed by atoms with Crippen molar-refractivity contribution >= 4 is 16.9 Å². The highest BCUT2D eigenvalue weighted by Crippen LogP contribution is 2.36. The Bertz CT molecular complexity index is 1090. The second kappa shape index (κ2) is 5.66. The Morgan fingerprint density at radius 2 is 1.84 bits per heavy atom. The molecule has 0 unspecified atom stereocenters. The van der Waals surface area contributed by atoms with Gasteiger partial charge in [-0.25, -0.2) is 19.9 Å². The summed E-state index contributed by atoms with van der Waals surface area (Å²) in [6.45, 7) is 5.94. The second-order valence-electron chi connectivity index (χ2n) is 6.02. The summed E-state index contributed by atoms with van der Waals surface area (Å²) in [5, 5.41) is 1.01. The molecule has 3 aromatic heterocycles. The number of rotatable bonds is 2.